The molecule has 5 rings (SSSR count). The number of rotatable bonds is 7. The molecule has 1 saturated carbocycles. The van der Waals surface area contributed by atoms with Crippen LogP contribution >= 0.6 is 11.3 Å². The Bertz CT molecular complexity index is 1430. The van der Waals surface area contributed by atoms with Crippen molar-refractivity contribution in [3.8, 4) is 11.5 Å². The van der Waals surface area contributed by atoms with Crippen LogP contribution in [0.4, 0.5) is 8.78 Å². The fraction of sp³-hybridized carbons (Fsp3) is 0.357. The third-order valence-electron chi connectivity index (χ3n) is 6.81. The first-order chi connectivity index (χ1) is 17.2. The minimum Gasteiger partial charge on any atom is -0.319 e. The summed E-state index contributed by atoms with van der Waals surface area (Å²) in [5, 5.41) is 0. The van der Waals surface area contributed by atoms with Crippen molar-refractivity contribution in [2.24, 2.45) is 5.92 Å². The normalized spacial score (nSPS) is 19.4. The van der Waals surface area contributed by atoms with Gasteiger partial charge in [-0.2, -0.15) is 0 Å². The Hall–Kier alpha value is -3.26. The molecule has 0 spiro atoms. The summed E-state index contributed by atoms with van der Waals surface area (Å²) in [6.45, 7) is 3.72. The van der Waals surface area contributed by atoms with Gasteiger partial charge in [-0.25, -0.2) is 13.8 Å². The smallest absolute Gasteiger partial charge is 0.250 e. The molecule has 1 aromatic carbocycles. The predicted octanol–water partition coefficient (Wildman–Crippen LogP) is 7.31. The number of ketones is 2. The van der Waals surface area contributed by atoms with Gasteiger partial charge in [0, 0.05) is 48.4 Å². The number of aryl methyl sites for hydroxylation is 1. The third-order valence-corrected chi connectivity index (χ3v) is 7.85. The molecule has 0 bridgehead atoms. The van der Waals surface area contributed by atoms with Crippen molar-refractivity contribution in [3.63, 3.8) is 0 Å². The lowest BCUT2D eigenvalue weighted by atomic mass is 9.80. The van der Waals surface area contributed by atoms with E-state index in [1.807, 2.05) is 23.6 Å². The Labute approximate surface area is 212 Å². The molecule has 0 aliphatic heterocycles. The summed E-state index contributed by atoms with van der Waals surface area (Å²) in [7, 11) is 0. The second-order valence-electron chi connectivity index (χ2n) is 9.56. The molecule has 1 fully saturated rings. The summed E-state index contributed by atoms with van der Waals surface area (Å²) in [6.07, 6.45) is 1.90. The molecule has 2 atom stereocenters. The van der Waals surface area contributed by atoms with Crippen molar-refractivity contribution < 1.29 is 18.4 Å². The number of fused-ring (bicyclic) bond motifs is 1. The third kappa shape index (κ3) is 4.87. The summed E-state index contributed by atoms with van der Waals surface area (Å²) in [5.41, 5.74) is 2.38. The van der Waals surface area contributed by atoms with Crippen LogP contribution < -0.4 is 0 Å². The van der Waals surface area contributed by atoms with E-state index in [0.717, 1.165) is 4.88 Å². The van der Waals surface area contributed by atoms with Gasteiger partial charge >= 0.3 is 0 Å². The number of hydrogen-bond acceptors (Lipinski definition) is 5. The SMILES string of the molecule is CCC(=O)c1ccc2c(c1)nc(-c1ccccn1)n2[C@H]1C[C@@H](CC(=O)c2ccc(C)s2)CC(F)(F)C1. The number of hydrogen-bond donors (Lipinski definition) is 0. The Morgan fingerprint density at radius 3 is 2.64 bits per heavy atom. The van der Waals surface area contributed by atoms with Gasteiger partial charge in [0.1, 0.15) is 5.69 Å². The molecule has 0 N–H and O–H groups in total. The van der Waals surface area contributed by atoms with Gasteiger partial charge < -0.3 is 4.57 Å². The second-order valence-corrected chi connectivity index (χ2v) is 10.8. The largest absolute Gasteiger partial charge is 0.319 e. The summed E-state index contributed by atoms with van der Waals surface area (Å²) in [6, 6.07) is 13.8. The van der Waals surface area contributed by atoms with E-state index in [1.165, 1.54) is 11.3 Å². The van der Waals surface area contributed by atoms with E-state index in [4.69, 9.17) is 4.98 Å². The first kappa shape index (κ1) is 24.4. The molecule has 0 radical (unpaired) electrons. The molecule has 3 heterocycles. The van der Waals surface area contributed by atoms with Gasteiger partial charge in [-0.15, -0.1) is 11.3 Å². The maximum atomic E-state index is 15.1. The zero-order valence-corrected chi connectivity index (χ0v) is 21.0. The summed E-state index contributed by atoms with van der Waals surface area (Å²) >= 11 is 1.40. The van der Waals surface area contributed by atoms with E-state index in [1.54, 1.807) is 49.5 Å². The van der Waals surface area contributed by atoms with Crippen LogP contribution in [-0.4, -0.2) is 32.0 Å². The first-order valence-electron chi connectivity index (χ1n) is 12.2. The number of nitrogens with zero attached hydrogens (tertiary/aromatic N) is 3. The highest BCUT2D eigenvalue weighted by atomic mass is 32.1. The lowest BCUT2D eigenvalue weighted by Crippen LogP contribution is -2.34. The van der Waals surface area contributed by atoms with Gasteiger partial charge in [0.05, 0.1) is 15.9 Å². The van der Waals surface area contributed by atoms with Crippen molar-refractivity contribution in [2.75, 3.05) is 0 Å². The van der Waals surface area contributed by atoms with Crippen molar-refractivity contribution in [2.45, 2.75) is 57.9 Å². The molecule has 3 aromatic heterocycles. The number of carbonyl (C=O) groups is 2. The molecule has 8 heteroatoms. The zero-order chi connectivity index (χ0) is 25.4. The molecule has 0 saturated heterocycles. The topological polar surface area (TPSA) is 64.8 Å². The minimum absolute atomic E-state index is 0.00238. The van der Waals surface area contributed by atoms with Gasteiger partial charge in [-0.3, -0.25) is 14.6 Å². The van der Waals surface area contributed by atoms with E-state index in [2.05, 4.69) is 4.98 Å². The standard InChI is InChI=1S/C28H27F2N3O2S/c1-3-24(34)19-8-9-23-22(14-19)32-27(21-6-4-5-11-31-21)33(23)20-12-18(15-28(29,30)16-20)13-25(35)26-10-7-17(2)36-26/h4-11,14,18,20H,3,12-13,15-16H2,1-2H3/t18-,20-/m0/s1. The number of carbonyl (C=O) groups excluding carboxylic acids is 2. The van der Waals surface area contributed by atoms with Crippen LogP contribution in [0.1, 0.15) is 70.0 Å². The van der Waals surface area contributed by atoms with Crippen molar-refractivity contribution in [3.05, 3.63) is 70.0 Å². The first-order valence-corrected chi connectivity index (χ1v) is 13.0. The molecule has 1 aliphatic rings. The number of thiophene rings is 1. The lowest BCUT2D eigenvalue weighted by Gasteiger charge is -2.36. The van der Waals surface area contributed by atoms with Crippen molar-refractivity contribution >= 4 is 33.9 Å². The van der Waals surface area contributed by atoms with Crippen LogP contribution in [0.3, 0.4) is 0 Å². The van der Waals surface area contributed by atoms with Crippen LogP contribution in [0.2, 0.25) is 0 Å². The fourth-order valence-corrected chi connectivity index (χ4v) is 6.04. The average molecular weight is 508 g/mol. The van der Waals surface area contributed by atoms with Gasteiger partial charge in [-0.1, -0.05) is 13.0 Å². The molecule has 186 valence electrons. The van der Waals surface area contributed by atoms with Gasteiger partial charge in [0.25, 0.3) is 0 Å². The Morgan fingerprint density at radius 1 is 1.11 bits per heavy atom. The summed E-state index contributed by atoms with van der Waals surface area (Å²) in [4.78, 5) is 36.0. The second kappa shape index (κ2) is 9.65. The zero-order valence-electron chi connectivity index (χ0n) is 20.2. The van der Waals surface area contributed by atoms with Crippen LogP contribution in [0.15, 0.2) is 54.7 Å². The molecule has 0 unspecified atom stereocenters. The van der Waals surface area contributed by atoms with Crippen molar-refractivity contribution in [1.82, 2.24) is 14.5 Å². The number of imidazole rings is 1. The van der Waals surface area contributed by atoms with Crippen LogP contribution in [0.25, 0.3) is 22.6 Å². The Balaban J connectivity index is 1.55. The molecular formula is C28H27F2N3O2S. The number of alkyl halides is 2. The molecule has 36 heavy (non-hydrogen) atoms. The molecule has 1 aliphatic carbocycles. The number of aromatic nitrogens is 3. The monoisotopic (exact) mass is 507 g/mol. The number of Topliss-reactive ketones (excluding diaryl/α,β-unsaturated/α-hetero) is 2. The highest BCUT2D eigenvalue weighted by Gasteiger charge is 2.43. The van der Waals surface area contributed by atoms with Gasteiger partial charge in [-0.05, 0) is 61.7 Å². The van der Waals surface area contributed by atoms with E-state index in [-0.39, 0.29) is 30.8 Å². The molecule has 5 nitrogen and oxygen atoms in total. The number of pyridine rings is 1. The highest BCUT2D eigenvalue weighted by Crippen LogP contribution is 2.46. The average Bonchev–Trinajstić information content (AvgIpc) is 3.46. The maximum absolute atomic E-state index is 15.1. The summed E-state index contributed by atoms with van der Waals surface area (Å²) < 4.78 is 32.0. The van der Waals surface area contributed by atoms with E-state index in [9.17, 15) is 9.59 Å². The van der Waals surface area contributed by atoms with Crippen LogP contribution in [-0.2, 0) is 0 Å². The van der Waals surface area contributed by atoms with Crippen LogP contribution in [0.5, 0.6) is 0 Å². The van der Waals surface area contributed by atoms with Crippen molar-refractivity contribution in [1.29, 1.82) is 0 Å². The maximum Gasteiger partial charge on any atom is 0.250 e. The Kier molecular flexibility index (Phi) is 6.55. The van der Waals surface area contributed by atoms with Gasteiger partial charge in [0.2, 0.25) is 5.92 Å². The van der Waals surface area contributed by atoms with E-state index < -0.39 is 17.9 Å². The molecule has 0 amide bonds. The predicted molar refractivity (Wildman–Crippen MR) is 137 cm³/mol. The molecular weight excluding hydrogens is 480 g/mol. The van der Waals surface area contributed by atoms with Crippen LogP contribution in [0, 0.1) is 12.8 Å². The fourth-order valence-electron chi connectivity index (χ4n) is 5.22. The molecule has 4 aromatic rings. The number of halogens is 2. The van der Waals surface area contributed by atoms with E-state index >= 15 is 8.78 Å². The quantitative estimate of drug-likeness (QED) is 0.246. The Morgan fingerprint density at radius 2 is 1.94 bits per heavy atom. The van der Waals surface area contributed by atoms with E-state index in [0.29, 0.717) is 45.8 Å². The van der Waals surface area contributed by atoms with Gasteiger partial charge in [0.15, 0.2) is 17.4 Å². The minimum atomic E-state index is -2.91. The summed E-state index contributed by atoms with van der Waals surface area (Å²) in [5.74, 6) is -2.96. The lowest BCUT2D eigenvalue weighted by molar-refractivity contribution is -0.0681. The highest BCUT2D eigenvalue weighted by molar-refractivity contribution is 7.14. The number of benzene rings is 1.